The highest BCUT2D eigenvalue weighted by atomic mass is 127. The van der Waals surface area contributed by atoms with E-state index < -0.39 is 10.1 Å². The molecule has 0 spiro atoms. The second kappa shape index (κ2) is 15.1. The highest BCUT2D eigenvalue weighted by molar-refractivity contribution is 14.1. The van der Waals surface area contributed by atoms with Crippen molar-refractivity contribution in [1.82, 2.24) is 0 Å². The van der Waals surface area contributed by atoms with Gasteiger partial charge in [-0.3, -0.25) is 4.55 Å². The summed E-state index contributed by atoms with van der Waals surface area (Å²) in [5.74, 6) is 0.664. The molecule has 0 radical (unpaired) electrons. The molecule has 0 aliphatic rings. The lowest BCUT2D eigenvalue weighted by Crippen LogP contribution is -2.00. The molecule has 0 saturated carbocycles. The number of hydrogen-bond donors (Lipinski definition) is 1. The van der Waals surface area contributed by atoms with Crippen LogP contribution in [0, 0.1) is 3.57 Å². The van der Waals surface area contributed by atoms with Crippen LogP contribution in [0.4, 0.5) is 0 Å². The summed E-state index contributed by atoms with van der Waals surface area (Å²) in [5.41, 5.74) is 3.12. The molecular formula is C27H33IO4S. The van der Waals surface area contributed by atoms with Crippen LogP contribution < -0.4 is 4.74 Å². The normalized spacial score (nSPS) is 10.9. The third kappa shape index (κ3) is 11.7. The molecular weight excluding hydrogens is 547 g/mol. The number of hydrogen-bond acceptors (Lipinski definition) is 3. The predicted octanol–water partition coefficient (Wildman–Crippen LogP) is 7.77. The Kier molecular flexibility index (Phi) is 12.5. The number of rotatable bonds is 11. The van der Waals surface area contributed by atoms with E-state index in [1.807, 2.05) is 0 Å². The fourth-order valence-corrected chi connectivity index (χ4v) is 4.60. The quantitative estimate of drug-likeness (QED) is 0.143. The zero-order chi connectivity index (χ0) is 23.9. The predicted molar refractivity (Wildman–Crippen MR) is 145 cm³/mol. The minimum atomic E-state index is -3.88. The van der Waals surface area contributed by atoms with Gasteiger partial charge in [0.15, 0.2) is 0 Å². The van der Waals surface area contributed by atoms with E-state index in [1.54, 1.807) is 30.3 Å². The van der Waals surface area contributed by atoms with Crippen molar-refractivity contribution >= 4 is 32.7 Å². The molecule has 4 nitrogen and oxygen atoms in total. The largest absolute Gasteiger partial charge is 0.494 e. The van der Waals surface area contributed by atoms with Crippen LogP contribution in [0.5, 0.6) is 5.75 Å². The highest BCUT2D eigenvalue weighted by Gasteiger charge is 2.04. The Morgan fingerprint density at radius 2 is 1.39 bits per heavy atom. The van der Waals surface area contributed by atoms with Crippen LogP contribution in [-0.4, -0.2) is 19.6 Å². The van der Waals surface area contributed by atoms with Gasteiger partial charge in [0.05, 0.1) is 6.61 Å². The van der Waals surface area contributed by atoms with Crippen molar-refractivity contribution in [3.8, 4) is 16.9 Å². The molecule has 1 N–H and O–H groups in total. The Balaban J connectivity index is 0.000000294. The molecule has 0 saturated heterocycles. The van der Waals surface area contributed by atoms with E-state index >= 15 is 0 Å². The van der Waals surface area contributed by atoms with Gasteiger partial charge in [0.1, 0.15) is 11.5 Å². The van der Waals surface area contributed by atoms with Gasteiger partial charge in [-0.2, -0.15) is 8.42 Å². The lowest BCUT2D eigenvalue weighted by Gasteiger charge is -2.08. The minimum absolute atomic E-state index is 0.312. The van der Waals surface area contributed by atoms with Gasteiger partial charge in [-0.15, -0.1) is 0 Å². The van der Waals surface area contributed by atoms with Crippen molar-refractivity contribution in [3.63, 3.8) is 0 Å². The van der Waals surface area contributed by atoms with Crippen molar-refractivity contribution in [2.75, 3.05) is 6.61 Å². The van der Waals surface area contributed by atoms with Gasteiger partial charge in [0.25, 0.3) is 10.1 Å². The van der Waals surface area contributed by atoms with Crippen molar-refractivity contribution in [2.24, 2.45) is 0 Å². The third-order valence-electron chi connectivity index (χ3n) is 5.00. The van der Waals surface area contributed by atoms with Crippen LogP contribution in [0.2, 0.25) is 0 Å². The van der Waals surface area contributed by atoms with E-state index in [9.17, 15) is 8.42 Å². The van der Waals surface area contributed by atoms with Crippen molar-refractivity contribution in [2.45, 2.75) is 51.2 Å². The second-order valence-electron chi connectivity index (χ2n) is 7.83. The van der Waals surface area contributed by atoms with Crippen LogP contribution in [-0.2, 0) is 15.9 Å². The zero-order valence-corrected chi connectivity index (χ0v) is 22.1. The molecule has 0 unspecified atom stereocenters. The number of unbranched alkanes of at least 4 members (excludes halogenated alkanes) is 5. The lowest BCUT2D eigenvalue weighted by molar-refractivity contribution is 0.304. The van der Waals surface area contributed by atoms with Gasteiger partial charge >= 0.3 is 0 Å². The SMILES string of the molecule is CCCCCCCCOc1ccc(-c2ccccc2I)cc1.O=S(=O)(O)Cc1ccccc1. The average Bonchev–Trinajstić information content (AvgIpc) is 2.79. The molecule has 0 atom stereocenters. The smallest absolute Gasteiger partial charge is 0.269 e. The maximum Gasteiger partial charge on any atom is 0.269 e. The van der Waals surface area contributed by atoms with Gasteiger partial charge in [-0.1, -0.05) is 99.7 Å². The van der Waals surface area contributed by atoms with E-state index in [-0.39, 0.29) is 5.75 Å². The Hall–Kier alpha value is -1.90. The minimum Gasteiger partial charge on any atom is -0.494 e. The van der Waals surface area contributed by atoms with Crippen LogP contribution in [0.3, 0.4) is 0 Å². The Morgan fingerprint density at radius 1 is 0.788 bits per heavy atom. The summed E-state index contributed by atoms with van der Waals surface area (Å²) in [4.78, 5) is 0. The molecule has 0 fully saturated rings. The first-order chi connectivity index (χ1) is 15.9. The molecule has 178 valence electrons. The molecule has 0 amide bonds. The van der Waals surface area contributed by atoms with Crippen LogP contribution in [0.15, 0.2) is 78.9 Å². The van der Waals surface area contributed by atoms with E-state index in [4.69, 9.17) is 9.29 Å². The summed E-state index contributed by atoms with van der Waals surface area (Å²) in [6.07, 6.45) is 7.80. The summed E-state index contributed by atoms with van der Waals surface area (Å²) >= 11 is 2.38. The molecule has 0 aliphatic carbocycles. The molecule has 3 rings (SSSR count). The fraction of sp³-hybridized carbons (Fsp3) is 0.333. The first kappa shape index (κ1) is 27.3. The Morgan fingerprint density at radius 3 is 2.03 bits per heavy atom. The first-order valence-electron chi connectivity index (χ1n) is 11.4. The number of benzene rings is 3. The van der Waals surface area contributed by atoms with E-state index in [0.717, 1.165) is 18.8 Å². The van der Waals surface area contributed by atoms with Crippen LogP contribution in [0.1, 0.15) is 51.0 Å². The number of ether oxygens (including phenoxy) is 1. The van der Waals surface area contributed by atoms with E-state index in [2.05, 4.69) is 78.0 Å². The first-order valence-corrected chi connectivity index (χ1v) is 14.0. The van der Waals surface area contributed by atoms with E-state index in [0.29, 0.717) is 5.56 Å². The summed E-state index contributed by atoms with van der Waals surface area (Å²) in [6, 6.07) is 25.4. The van der Waals surface area contributed by atoms with E-state index in [1.165, 1.54) is 46.8 Å². The molecule has 3 aromatic carbocycles. The molecule has 3 aromatic rings. The van der Waals surface area contributed by atoms with Gasteiger partial charge < -0.3 is 4.74 Å². The maximum atomic E-state index is 10.4. The Bertz CT molecular complexity index is 1040. The van der Waals surface area contributed by atoms with Gasteiger partial charge in [-0.05, 0) is 63.9 Å². The molecule has 6 heteroatoms. The topological polar surface area (TPSA) is 63.6 Å². The standard InChI is InChI=1S/C20H25IO.C7H8O3S/c1-2-3-4-5-6-9-16-22-18-14-12-17(13-15-18)19-10-7-8-11-20(19)21;8-11(9,10)6-7-4-2-1-3-5-7/h7-8,10-15H,2-6,9,16H2,1H3;1-5H,6H2,(H,8,9,10). The summed E-state index contributed by atoms with van der Waals surface area (Å²) < 4.78 is 36.3. The van der Waals surface area contributed by atoms with Crippen molar-refractivity contribution < 1.29 is 17.7 Å². The molecule has 0 bridgehead atoms. The Labute approximate surface area is 212 Å². The van der Waals surface area contributed by atoms with Gasteiger partial charge in [0, 0.05) is 3.57 Å². The fourth-order valence-electron chi connectivity index (χ4n) is 3.28. The third-order valence-corrected chi connectivity index (χ3v) is 6.64. The molecule has 0 heterocycles. The summed E-state index contributed by atoms with van der Waals surface area (Å²) in [5, 5.41) is 0. The monoisotopic (exact) mass is 580 g/mol. The van der Waals surface area contributed by atoms with Crippen LogP contribution in [0.25, 0.3) is 11.1 Å². The summed E-state index contributed by atoms with van der Waals surface area (Å²) in [6.45, 7) is 3.08. The van der Waals surface area contributed by atoms with Gasteiger partial charge in [-0.25, -0.2) is 0 Å². The lowest BCUT2D eigenvalue weighted by atomic mass is 10.1. The number of halogens is 1. The maximum absolute atomic E-state index is 10.4. The van der Waals surface area contributed by atoms with Crippen LogP contribution >= 0.6 is 22.6 Å². The van der Waals surface area contributed by atoms with Gasteiger partial charge in [0.2, 0.25) is 0 Å². The molecule has 0 aromatic heterocycles. The molecule has 0 aliphatic heterocycles. The highest BCUT2D eigenvalue weighted by Crippen LogP contribution is 2.26. The molecule has 33 heavy (non-hydrogen) atoms. The van der Waals surface area contributed by atoms with Crippen molar-refractivity contribution in [3.05, 3.63) is 88.0 Å². The van der Waals surface area contributed by atoms with Crippen molar-refractivity contribution in [1.29, 1.82) is 0 Å². The average molecular weight is 581 g/mol. The second-order valence-corrected chi connectivity index (χ2v) is 10.4. The zero-order valence-electron chi connectivity index (χ0n) is 19.1. The summed E-state index contributed by atoms with van der Waals surface area (Å²) in [7, 11) is -3.88.